The number of ether oxygens (including phenoxy) is 1. The van der Waals surface area contributed by atoms with Gasteiger partial charge in [0.15, 0.2) is 34.8 Å². The zero-order valence-electron chi connectivity index (χ0n) is 14.3. The van der Waals surface area contributed by atoms with E-state index in [1.807, 2.05) is 0 Å². The molecule has 0 aromatic heterocycles. The highest BCUT2D eigenvalue weighted by Gasteiger charge is 2.25. The van der Waals surface area contributed by atoms with Crippen LogP contribution in [0.15, 0.2) is 24.3 Å². The van der Waals surface area contributed by atoms with Gasteiger partial charge in [-0.15, -0.1) is 0 Å². The molecule has 0 heterocycles. The van der Waals surface area contributed by atoms with Crippen molar-refractivity contribution in [1.82, 2.24) is 0 Å². The second-order valence-corrected chi connectivity index (χ2v) is 6.88. The molecule has 1 aliphatic carbocycles. The fraction of sp³-hybridized carbons (Fsp3) is 0.400. The third-order valence-corrected chi connectivity index (χ3v) is 4.93. The number of aryl methyl sites for hydroxylation is 1. The van der Waals surface area contributed by atoms with E-state index in [2.05, 4.69) is 0 Å². The second kappa shape index (κ2) is 7.64. The molecule has 6 heteroatoms. The summed E-state index contributed by atoms with van der Waals surface area (Å²) in [7, 11) is 0. The normalized spacial score (nSPS) is 20.2. The molecule has 0 unspecified atom stereocenters. The monoisotopic (exact) mass is 370 g/mol. The number of rotatable bonds is 4. The molecule has 0 bridgehead atoms. The van der Waals surface area contributed by atoms with Crippen molar-refractivity contribution in [3.63, 3.8) is 0 Å². The van der Waals surface area contributed by atoms with Crippen molar-refractivity contribution in [3.8, 4) is 5.75 Å². The summed E-state index contributed by atoms with van der Waals surface area (Å²) in [6.07, 6.45) is 2.69. The molecule has 1 aliphatic rings. The summed E-state index contributed by atoms with van der Waals surface area (Å²) in [6, 6.07) is 4.51. The van der Waals surface area contributed by atoms with Gasteiger partial charge in [-0.1, -0.05) is 0 Å². The summed E-state index contributed by atoms with van der Waals surface area (Å²) in [5.74, 6) is -5.63. The lowest BCUT2D eigenvalue weighted by Crippen LogP contribution is -2.20. The quantitative estimate of drug-likeness (QED) is 0.471. The first-order valence-electron chi connectivity index (χ1n) is 8.58. The van der Waals surface area contributed by atoms with E-state index in [4.69, 9.17) is 4.74 Å². The van der Waals surface area contributed by atoms with E-state index < -0.39 is 29.1 Å². The van der Waals surface area contributed by atoms with Crippen LogP contribution in [0.3, 0.4) is 0 Å². The topological polar surface area (TPSA) is 9.23 Å². The molecule has 0 aliphatic heterocycles. The maximum Gasteiger partial charge on any atom is 0.194 e. The van der Waals surface area contributed by atoms with Gasteiger partial charge in [0.1, 0.15) is 0 Å². The van der Waals surface area contributed by atoms with Crippen LogP contribution < -0.4 is 4.74 Å². The Hall–Kier alpha value is -2.11. The Morgan fingerprint density at radius 1 is 0.808 bits per heavy atom. The molecule has 1 fully saturated rings. The standard InChI is InChI=1S/C20H19F5O/c1-11-6-17(23)20(18(24)7-11)26-10-12-2-4-13(5-3-12)14-8-15(21)19(25)16(22)9-14/h6-9,12-13H,2-5,10H2,1H3. The molecule has 0 radical (unpaired) electrons. The lowest BCUT2D eigenvalue weighted by molar-refractivity contribution is 0.187. The van der Waals surface area contributed by atoms with Crippen LogP contribution in [0.4, 0.5) is 22.0 Å². The predicted molar refractivity (Wildman–Crippen MR) is 87.6 cm³/mol. The zero-order chi connectivity index (χ0) is 18.8. The lowest BCUT2D eigenvalue weighted by Gasteiger charge is -2.29. The maximum absolute atomic E-state index is 13.8. The Labute approximate surface area is 148 Å². The molecule has 2 aromatic rings. The van der Waals surface area contributed by atoms with Gasteiger partial charge in [0.25, 0.3) is 0 Å². The zero-order valence-corrected chi connectivity index (χ0v) is 14.3. The Bertz CT molecular complexity index is 751. The van der Waals surface area contributed by atoms with E-state index in [0.29, 0.717) is 36.8 Å². The van der Waals surface area contributed by atoms with Crippen molar-refractivity contribution in [1.29, 1.82) is 0 Å². The van der Waals surface area contributed by atoms with Gasteiger partial charge in [0.05, 0.1) is 6.61 Å². The predicted octanol–water partition coefficient (Wildman–Crippen LogP) is 6.04. The second-order valence-electron chi connectivity index (χ2n) is 6.88. The summed E-state index contributed by atoms with van der Waals surface area (Å²) in [5, 5.41) is 0. The maximum atomic E-state index is 13.8. The highest BCUT2D eigenvalue weighted by molar-refractivity contribution is 5.30. The molecule has 26 heavy (non-hydrogen) atoms. The van der Waals surface area contributed by atoms with E-state index in [0.717, 1.165) is 12.1 Å². The minimum absolute atomic E-state index is 0.0660. The van der Waals surface area contributed by atoms with Crippen molar-refractivity contribution < 1.29 is 26.7 Å². The van der Waals surface area contributed by atoms with Gasteiger partial charge in [-0.05, 0) is 79.8 Å². The van der Waals surface area contributed by atoms with E-state index in [-0.39, 0.29) is 24.2 Å². The Balaban J connectivity index is 1.58. The molecule has 0 saturated heterocycles. The van der Waals surface area contributed by atoms with Crippen molar-refractivity contribution >= 4 is 0 Å². The van der Waals surface area contributed by atoms with Crippen molar-refractivity contribution in [2.75, 3.05) is 6.61 Å². The SMILES string of the molecule is Cc1cc(F)c(OCC2CCC(c3cc(F)c(F)c(F)c3)CC2)c(F)c1. The Morgan fingerprint density at radius 2 is 1.35 bits per heavy atom. The first-order valence-corrected chi connectivity index (χ1v) is 8.58. The smallest absolute Gasteiger partial charge is 0.194 e. The van der Waals surface area contributed by atoms with Gasteiger partial charge >= 0.3 is 0 Å². The number of halogens is 5. The van der Waals surface area contributed by atoms with E-state index in [1.165, 1.54) is 12.1 Å². The minimum Gasteiger partial charge on any atom is -0.487 e. The molecular formula is C20H19F5O. The first kappa shape index (κ1) is 18.7. The Morgan fingerprint density at radius 3 is 1.88 bits per heavy atom. The van der Waals surface area contributed by atoms with Gasteiger partial charge in [0, 0.05) is 0 Å². The van der Waals surface area contributed by atoms with Crippen molar-refractivity contribution in [2.45, 2.75) is 38.5 Å². The summed E-state index contributed by atoms with van der Waals surface area (Å²) >= 11 is 0. The number of hydrogen-bond acceptors (Lipinski definition) is 1. The lowest BCUT2D eigenvalue weighted by atomic mass is 9.79. The largest absolute Gasteiger partial charge is 0.487 e. The van der Waals surface area contributed by atoms with Gasteiger partial charge in [-0.3, -0.25) is 0 Å². The van der Waals surface area contributed by atoms with Gasteiger partial charge in [-0.25, -0.2) is 22.0 Å². The molecule has 3 rings (SSSR count). The third kappa shape index (κ3) is 4.00. The van der Waals surface area contributed by atoms with E-state index in [1.54, 1.807) is 6.92 Å². The molecule has 0 spiro atoms. The molecule has 1 nitrogen and oxygen atoms in total. The van der Waals surface area contributed by atoms with Crippen molar-refractivity contribution in [2.24, 2.45) is 5.92 Å². The van der Waals surface area contributed by atoms with Crippen LogP contribution in [-0.4, -0.2) is 6.61 Å². The van der Waals surface area contributed by atoms with Crippen LogP contribution in [-0.2, 0) is 0 Å². The third-order valence-electron chi connectivity index (χ3n) is 4.93. The van der Waals surface area contributed by atoms with Gasteiger partial charge in [0.2, 0.25) is 0 Å². The molecule has 1 saturated carbocycles. The molecule has 0 atom stereocenters. The van der Waals surface area contributed by atoms with E-state index in [9.17, 15) is 22.0 Å². The Kier molecular flexibility index (Phi) is 5.49. The average Bonchev–Trinajstić information content (AvgIpc) is 2.59. The number of benzene rings is 2. The van der Waals surface area contributed by atoms with Crippen LogP contribution in [0.25, 0.3) is 0 Å². The van der Waals surface area contributed by atoms with Crippen LogP contribution in [0.2, 0.25) is 0 Å². The van der Waals surface area contributed by atoms with E-state index >= 15 is 0 Å². The first-order chi connectivity index (χ1) is 12.3. The molecule has 0 amide bonds. The minimum atomic E-state index is -1.46. The van der Waals surface area contributed by atoms with Crippen LogP contribution in [0.1, 0.15) is 42.7 Å². The fourth-order valence-corrected chi connectivity index (χ4v) is 3.50. The van der Waals surface area contributed by atoms with Crippen LogP contribution in [0.5, 0.6) is 5.75 Å². The highest BCUT2D eigenvalue weighted by atomic mass is 19.2. The van der Waals surface area contributed by atoms with Gasteiger partial charge in [-0.2, -0.15) is 0 Å². The molecule has 2 aromatic carbocycles. The average molecular weight is 370 g/mol. The van der Waals surface area contributed by atoms with Gasteiger partial charge < -0.3 is 4.74 Å². The van der Waals surface area contributed by atoms with Crippen LogP contribution >= 0.6 is 0 Å². The summed E-state index contributed by atoms with van der Waals surface area (Å²) in [4.78, 5) is 0. The summed E-state index contributed by atoms with van der Waals surface area (Å²) in [6.45, 7) is 1.77. The van der Waals surface area contributed by atoms with Crippen LogP contribution in [0, 0.1) is 41.9 Å². The summed E-state index contributed by atoms with van der Waals surface area (Å²) < 4.78 is 72.7. The summed E-state index contributed by atoms with van der Waals surface area (Å²) in [5.41, 5.74) is 0.919. The molecule has 140 valence electrons. The van der Waals surface area contributed by atoms with Crippen molar-refractivity contribution in [3.05, 3.63) is 64.5 Å². The molecule has 0 N–H and O–H groups in total. The molecular weight excluding hydrogens is 351 g/mol. The highest BCUT2D eigenvalue weighted by Crippen LogP contribution is 2.37. The fourth-order valence-electron chi connectivity index (χ4n) is 3.50. The number of hydrogen-bond donors (Lipinski definition) is 0.